The number of nitrogens with zero attached hydrogens (tertiary/aromatic N) is 2. The molecule has 6 nitrogen and oxygen atoms in total. The molecule has 13 heteroatoms. The molecule has 4 aromatic rings. The number of thiazole rings is 1. The predicted molar refractivity (Wildman–Crippen MR) is 153 cm³/mol. The number of aromatic nitrogens is 1. The first-order chi connectivity index (χ1) is 19.2. The third-order valence-corrected chi connectivity index (χ3v) is 8.49. The van der Waals surface area contributed by atoms with Crippen LogP contribution in [0, 0.1) is 23.3 Å². The number of hydrogen-bond donors (Lipinski definition) is 2. The average molecular weight is 609 g/mol. The molecule has 210 valence electrons. The minimum Gasteiger partial charge on any atom is -0.314 e. The van der Waals surface area contributed by atoms with E-state index in [1.165, 1.54) is 52.3 Å². The summed E-state index contributed by atoms with van der Waals surface area (Å²) < 4.78 is 61.5. The van der Waals surface area contributed by atoms with Crippen LogP contribution in [0.3, 0.4) is 0 Å². The lowest BCUT2D eigenvalue weighted by Gasteiger charge is -2.25. The van der Waals surface area contributed by atoms with Crippen LogP contribution < -0.4 is 14.3 Å². The van der Waals surface area contributed by atoms with Gasteiger partial charge >= 0.3 is 0 Å². The van der Waals surface area contributed by atoms with Gasteiger partial charge in [0.1, 0.15) is 35.6 Å². The van der Waals surface area contributed by atoms with Gasteiger partial charge in [0, 0.05) is 24.9 Å². The lowest BCUT2D eigenvalue weighted by Crippen LogP contribution is -2.44. The second kappa shape index (κ2) is 14.1. The molecule has 4 rings (SSSR count). The molecule has 1 aromatic heterocycles. The first kappa shape index (κ1) is 30.0. The van der Waals surface area contributed by atoms with Gasteiger partial charge in [-0.1, -0.05) is 23.9 Å². The molecule has 0 bridgehead atoms. The molecule has 0 spiro atoms. The van der Waals surface area contributed by atoms with Crippen LogP contribution in [0.25, 0.3) is 10.2 Å². The number of nitrogens with one attached hydrogen (secondary N) is 2. The number of amides is 1. The van der Waals surface area contributed by atoms with E-state index in [0.29, 0.717) is 28.2 Å². The highest BCUT2D eigenvalue weighted by Crippen LogP contribution is 2.25. The lowest BCUT2D eigenvalue weighted by atomic mass is 10.0. The Bertz CT molecular complexity index is 1450. The summed E-state index contributed by atoms with van der Waals surface area (Å²) in [6, 6.07) is 10.1. The van der Waals surface area contributed by atoms with Crippen molar-refractivity contribution in [2.24, 2.45) is 0 Å². The molecule has 0 radical (unpaired) electrons. The number of anilines is 1. The number of benzene rings is 3. The maximum atomic E-state index is 13.8. The first-order valence-electron chi connectivity index (χ1n) is 11.9. The molecule has 1 heterocycles. The van der Waals surface area contributed by atoms with Crippen molar-refractivity contribution in [3.05, 3.63) is 94.5 Å². The normalized spacial score (nSPS) is 12.8. The van der Waals surface area contributed by atoms with Crippen LogP contribution in [0.15, 0.2) is 60.1 Å². The summed E-state index contributed by atoms with van der Waals surface area (Å²) in [7, 11) is 1.61. The zero-order valence-corrected chi connectivity index (χ0v) is 23.5. The highest BCUT2D eigenvalue weighted by Gasteiger charge is 2.24. The molecule has 40 heavy (non-hydrogen) atoms. The fourth-order valence-corrected chi connectivity index (χ4v) is 6.14. The molecule has 1 amide bonds. The van der Waals surface area contributed by atoms with Gasteiger partial charge in [0.05, 0.1) is 26.9 Å². The van der Waals surface area contributed by atoms with E-state index in [4.69, 9.17) is 0 Å². The summed E-state index contributed by atoms with van der Waals surface area (Å²) in [6.07, 6.45) is 0.750. The Hall–Kier alpha value is -2.97. The molecule has 0 aliphatic heterocycles. The maximum Gasteiger partial charge on any atom is 0.245 e. The Morgan fingerprint density at radius 1 is 0.925 bits per heavy atom. The van der Waals surface area contributed by atoms with Crippen molar-refractivity contribution in [1.29, 1.82) is 0 Å². The Morgan fingerprint density at radius 3 is 2.15 bits per heavy atom. The standard InChI is InChI=1S/C27H24F4N4O2S3/c1-35(23-2-3-26-24(12-23)32-14-38-26)27(37)25(9-17-6-20(30)11-21(31)7-17)34-40-15-39-33-22(13-36)8-16-4-18(28)10-19(29)5-16/h2-7,10-14,22,25,33-34H,8-9,15H2,1H3/t22-,25?/m0/s1. The molecular weight excluding hydrogens is 585 g/mol. The van der Waals surface area contributed by atoms with E-state index in [9.17, 15) is 27.2 Å². The average Bonchev–Trinajstić information content (AvgIpc) is 3.37. The molecule has 0 saturated carbocycles. The predicted octanol–water partition coefficient (Wildman–Crippen LogP) is 5.67. The van der Waals surface area contributed by atoms with Gasteiger partial charge in [0.15, 0.2) is 0 Å². The number of carbonyl (C=O) groups excluding carboxylic acids is 2. The van der Waals surface area contributed by atoms with Crippen LogP contribution in [-0.4, -0.2) is 41.4 Å². The van der Waals surface area contributed by atoms with Crippen molar-refractivity contribution in [3.8, 4) is 0 Å². The zero-order chi connectivity index (χ0) is 28.6. The summed E-state index contributed by atoms with van der Waals surface area (Å²) in [5.41, 5.74) is 3.72. The summed E-state index contributed by atoms with van der Waals surface area (Å²) >= 11 is 3.81. The molecule has 1 unspecified atom stereocenters. The molecule has 0 saturated heterocycles. The number of fused-ring (bicyclic) bond motifs is 1. The van der Waals surface area contributed by atoms with E-state index in [2.05, 4.69) is 14.4 Å². The molecule has 3 aromatic carbocycles. The second-order valence-electron chi connectivity index (χ2n) is 8.80. The molecule has 2 atom stereocenters. The third kappa shape index (κ3) is 8.27. The lowest BCUT2D eigenvalue weighted by molar-refractivity contribution is -0.119. The van der Waals surface area contributed by atoms with Gasteiger partial charge in [-0.3, -0.25) is 14.2 Å². The SMILES string of the molecule is CN(C(=O)C(Cc1cc(F)cc(F)c1)NSCSN[C@H](C=O)Cc1cc(F)cc(F)c1)c1ccc2scnc2c1. The van der Waals surface area contributed by atoms with Crippen LogP contribution in [0.2, 0.25) is 0 Å². The van der Waals surface area contributed by atoms with Crippen molar-refractivity contribution in [1.82, 2.24) is 14.4 Å². The number of likely N-dealkylation sites (N-methyl/N-ethyl adjacent to an activating group) is 1. The van der Waals surface area contributed by atoms with Gasteiger partial charge in [0.25, 0.3) is 0 Å². The maximum absolute atomic E-state index is 13.8. The number of carbonyl (C=O) groups is 2. The number of halogens is 4. The van der Waals surface area contributed by atoms with E-state index in [0.717, 1.165) is 34.5 Å². The van der Waals surface area contributed by atoms with Crippen molar-refractivity contribution >= 4 is 63.3 Å². The van der Waals surface area contributed by atoms with E-state index < -0.39 is 35.4 Å². The first-order valence-corrected chi connectivity index (χ1v) is 14.8. The van der Waals surface area contributed by atoms with Crippen LogP contribution in [0.5, 0.6) is 0 Å². The molecular formula is C27H24F4N4O2S3. The van der Waals surface area contributed by atoms with Gasteiger partial charge < -0.3 is 9.69 Å². The zero-order valence-electron chi connectivity index (χ0n) is 21.1. The Morgan fingerprint density at radius 2 is 1.52 bits per heavy atom. The van der Waals surface area contributed by atoms with E-state index in [1.54, 1.807) is 24.7 Å². The number of rotatable bonds is 13. The molecule has 2 N–H and O–H groups in total. The van der Waals surface area contributed by atoms with Crippen molar-refractivity contribution < 1.29 is 27.2 Å². The molecule has 0 aliphatic carbocycles. The largest absolute Gasteiger partial charge is 0.314 e. The minimum atomic E-state index is -0.847. The van der Waals surface area contributed by atoms with Crippen LogP contribution in [0.1, 0.15) is 11.1 Å². The van der Waals surface area contributed by atoms with E-state index >= 15 is 0 Å². The van der Waals surface area contributed by atoms with Gasteiger partial charge in [-0.15, -0.1) is 11.3 Å². The third-order valence-electron chi connectivity index (χ3n) is 5.81. The van der Waals surface area contributed by atoms with Gasteiger partial charge in [-0.25, -0.2) is 22.5 Å². The van der Waals surface area contributed by atoms with Crippen molar-refractivity contribution in [2.45, 2.75) is 24.9 Å². The van der Waals surface area contributed by atoms with E-state index in [-0.39, 0.29) is 18.7 Å². The molecule has 0 fully saturated rings. The van der Waals surface area contributed by atoms with Crippen molar-refractivity contribution in [2.75, 3.05) is 17.0 Å². The number of aldehydes is 1. The van der Waals surface area contributed by atoms with Crippen LogP contribution >= 0.6 is 35.2 Å². The summed E-state index contributed by atoms with van der Waals surface area (Å²) in [4.78, 5) is 30.7. The summed E-state index contributed by atoms with van der Waals surface area (Å²) in [6.45, 7) is 0. The Kier molecular flexibility index (Phi) is 10.6. The Labute approximate surface area is 240 Å². The van der Waals surface area contributed by atoms with Crippen molar-refractivity contribution in [3.63, 3.8) is 0 Å². The fourth-order valence-electron chi connectivity index (χ4n) is 3.97. The highest BCUT2D eigenvalue weighted by atomic mass is 32.2. The van der Waals surface area contributed by atoms with Crippen LogP contribution in [0.4, 0.5) is 23.2 Å². The quantitative estimate of drug-likeness (QED) is 0.0666. The summed E-state index contributed by atoms with van der Waals surface area (Å²) in [5.74, 6) is -3.26. The van der Waals surface area contributed by atoms with Gasteiger partial charge in [-0.2, -0.15) is 0 Å². The smallest absolute Gasteiger partial charge is 0.245 e. The van der Waals surface area contributed by atoms with E-state index in [1.807, 2.05) is 6.07 Å². The second-order valence-corrected chi connectivity index (χ2v) is 11.7. The fraction of sp³-hybridized carbons (Fsp3) is 0.222. The topological polar surface area (TPSA) is 74.3 Å². The highest BCUT2D eigenvalue weighted by molar-refractivity contribution is 8.14. The number of hydrogen-bond acceptors (Lipinski definition) is 8. The molecule has 0 aliphatic rings. The van der Waals surface area contributed by atoms with Crippen LogP contribution in [-0.2, 0) is 22.4 Å². The minimum absolute atomic E-state index is 0.0178. The monoisotopic (exact) mass is 608 g/mol. The Balaban J connectivity index is 1.38. The summed E-state index contributed by atoms with van der Waals surface area (Å²) in [5, 5.41) is 0.331. The van der Waals surface area contributed by atoms with Gasteiger partial charge in [0.2, 0.25) is 5.91 Å². The van der Waals surface area contributed by atoms with Gasteiger partial charge in [-0.05, 0) is 66.4 Å².